The van der Waals surface area contributed by atoms with Gasteiger partial charge in [0.15, 0.2) is 16.1 Å². The summed E-state index contributed by atoms with van der Waals surface area (Å²) < 4.78 is 2.51. The maximum absolute atomic E-state index is 2.92. The molecule has 1 aromatic heterocycles. The molecule has 11 aromatic carbocycles. The Morgan fingerprint density at radius 3 is 1.41 bits per heavy atom. The van der Waals surface area contributed by atoms with Crippen molar-refractivity contribution in [2.75, 3.05) is 4.90 Å². The number of fused-ring (bicyclic) bond motifs is 5. The van der Waals surface area contributed by atoms with Gasteiger partial charge >= 0.3 is 0 Å². The average molecular weight is 925 g/mol. The van der Waals surface area contributed by atoms with Gasteiger partial charge in [0.2, 0.25) is 0 Å². The number of aromatic nitrogens is 1. The second-order valence-electron chi connectivity index (χ2n) is 18.4. The molecule has 70 heavy (non-hydrogen) atoms. The Morgan fingerprint density at radius 1 is 0.286 bits per heavy atom. The van der Waals surface area contributed by atoms with Gasteiger partial charge in [-0.05, 0) is 95.1 Å². The van der Waals surface area contributed by atoms with Gasteiger partial charge in [0.1, 0.15) is 0 Å². The molecule has 4 heteroatoms. The molecular weight excluding hydrogens is 877 g/mol. The first-order valence-electron chi connectivity index (χ1n) is 24.3. The molecule has 12 aromatic rings. The lowest BCUT2D eigenvalue weighted by molar-refractivity contribution is 1.17. The lowest BCUT2D eigenvalue weighted by Crippen LogP contribution is -2.77. The summed E-state index contributed by atoms with van der Waals surface area (Å²) in [4.78, 5) is 2.54. The smallest absolute Gasteiger partial charge is 0.184 e. The molecule has 0 saturated heterocycles. The minimum Gasteiger partial charge on any atom is -0.311 e. The van der Waals surface area contributed by atoms with Crippen molar-refractivity contribution < 1.29 is 0 Å². The summed E-state index contributed by atoms with van der Waals surface area (Å²) in [5.41, 5.74) is 9.43. The van der Waals surface area contributed by atoms with E-state index in [2.05, 4.69) is 301 Å². The second-order valence-corrected chi connectivity index (χ2v) is 25.9. The number of hydrogen-bond donors (Lipinski definition) is 0. The third kappa shape index (κ3) is 6.45. The monoisotopic (exact) mass is 924 g/mol. The van der Waals surface area contributed by atoms with Crippen molar-refractivity contribution in [2.24, 2.45) is 0 Å². The third-order valence-corrected chi connectivity index (χ3v) is 24.4. The predicted molar refractivity (Wildman–Crippen MR) is 302 cm³/mol. The molecular formula is C66H48N2Si2. The molecule has 2 nitrogen and oxygen atoms in total. The van der Waals surface area contributed by atoms with Crippen LogP contribution in [0.25, 0.3) is 38.6 Å². The maximum atomic E-state index is 2.54. The first-order valence-corrected chi connectivity index (χ1v) is 28.3. The highest BCUT2D eigenvalue weighted by Crippen LogP contribution is 2.42. The van der Waals surface area contributed by atoms with E-state index in [9.17, 15) is 0 Å². The number of rotatable bonds is 9. The highest BCUT2D eigenvalue weighted by molar-refractivity contribution is 7.21. The summed E-state index contributed by atoms with van der Waals surface area (Å²) in [6.07, 6.45) is 0. The summed E-state index contributed by atoms with van der Waals surface area (Å²) in [6, 6.07) is 109. The highest BCUT2D eigenvalue weighted by atomic mass is 28.3. The standard InChI is InChI=1S/C66H48N2Si2/c1-7-24-49(25-8-1)50-26-23-27-51(46-50)68-63-40-21-22-41-65(63)70(56-34-15-5-16-35-56,57-36-17-6-18-37-57)66-45-42-52(47-64(66)68)67-61-39-20-19-38-59(61)60-48-58(43-44-62(60)67)69(53-28-9-2-10-29-53,54-30-11-3-12-31-54)55-32-13-4-14-33-55/h1-48H. The van der Waals surface area contributed by atoms with Gasteiger partial charge in [-0.3, -0.25) is 0 Å². The van der Waals surface area contributed by atoms with Crippen LogP contribution in [0.1, 0.15) is 0 Å². The summed E-state index contributed by atoms with van der Waals surface area (Å²) in [5.74, 6) is 0. The zero-order valence-electron chi connectivity index (χ0n) is 38.6. The van der Waals surface area contributed by atoms with Crippen molar-refractivity contribution in [2.45, 2.75) is 0 Å². The molecule has 0 aliphatic carbocycles. The molecule has 13 rings (SSSR count). The van der Waals surface area contributed by atoms with Crippen LogP contribution in [0.4, 0.5) is 17.1 Å². The first kappa shape index (κ1) is 41.6. The molecule has 0 unspecified atom stereocenters. The Balaban J connectivity index is 1.09. The van der Waals surface area contributed by atoms with Gasteiger partial charge in [-0.2, -0.15) is 0 Å². The molecule has 0 fully saturated rings. The maximum Gasteiger partial charge on any atom is 0.184 e. The van der Waals surface area contributed by atoms with Crippen LogP contribution in [0.15, 0.2) is 291 Å². The lowest BCUT2D eigenvalue weighted by Gasteiger charge is -2.45. The van der Waals surface area contributed by atoms with Crippen molar-refractivity contribution in [1.82, 2.24) is 4.57 Å². The molecule has 0 amide bonds. The van der Waals surface area contributed by atoms with Crippen LogP contribution in [0.2, 0.25) is 0 Å². The van der Waals surface area contributed by atoms with Crippen LogP contribution in [0, 0.1) is 0 Å². The number of para-hydroxylation sites is 2. The van der Waals surface area contributed by atoms with Crippen molar-refractivity contribution in [3.8, 4) is 16.8 Å². The minimum atomic E-state index is -2.92. The van der Waals surface area contributed by atoms with Gasteiger partial charge in [0, 0.05) is 33.5 Å². The van der Waals surface area contributed by atoms with Crippen LogP contribution in [0.3, 0.4) is 0 Å². The van der Waals surface area contributed by atoms with E-state index in [1.807, 2.05) is 0 Å². The van der Waals surface area contributed by atoms with E-state index in [0.717, 1.165) is 11.4 Å². The van der Waals surface area contributed by atoms with E-state index in [0.29, 0.717) is 0 Å². The van der Waals surface area contributed by atoms with Crippen LogP contribution in [0.5, 0.6) is 0 Å². The Kier molecular flexibility index (Phi) is 10.2. The molecule has 330 valence electrons. The fraction of sp³-hybridized carbons (Fsp3) is 0. The van der Waals surface area contributed by atoms with Gasteiger partial charge in [-0.1, -0.05) is 249 Å². The van der Waals surface area contributed by atoms with Gasteiger partial charge in [-0.15, -0.1) is 0 Å². The first-order chi connectivity index (χ1) is 34.7. The summed E-state index contributed by atoms with van der Waals surface area (Å²) in [6.45, 7) is 0. The molecule has 0 bridgehead atoms. The van der Waals surface area contributed by atoms with E-state index in [1.54, 1.807) is 0 Å². The molecule has 0 radical (unpaired) electrons. The molecule has 0 N–H and O–H groups in total. The topological polar surface area (TPSA) is 8.17 Å². The summed E-state index contributed by atoms with van der Waals surface area (Å²) in [7, 11) is -5.71. The Bertz CT molecular complexity index is 3680. The highest BCUT2D eigenvalue weighted by Gasteiger charge is 2.49. The normalized spacial score (nSPS) is 12.9. The van der Waals surface area contributed by atoms with E-state index < -0.39 is 16.1 Å². The van der Waals surface area contributed by atoms with Crippen molar-refractivity contribution in [1.29, 1.82) is 0 Å². The van der Waals surface area contributed by atoms with Gasteiger partial charge in [-0.25, -0.2) is 0 Å². The molecule has 0 spiro atoms. The zero-order valence-corrected chi connectivity index (χ0v) is 40.6. The van der Waals surface area contributed by atoms with E-state index >= 15 is 0 Å². The van der Waals surface area contributed by atoms with Crippen molar-refractivity contribution in [3.05, 3.63) is 291 Å². The largest absolute Gasteiger partial charge is 0.311 e. The second kappa shape index (κ2) is 17.2. The van der Waals surface area contributed by atoms with Crippen LogP contribution >= 0.6 is 0 Å². The minimum absolute atomic E-state index is 1.13. The molecule has 1 aliphatic heterocycles. The number of anilines is 3. The Labute approximate surface area is 411 Å². The van der Waals surface area contributed by atoms with Crippen LogP contribution < -0.4 is 46.4 Å². The molecule has 2 heterocycles. The van der Waals surface area contributed by atoms with Crippen molar-refractivity contribution >= 4 is 96.5 Å². The zero-order chi connectivity index (χ0) is 46.5. The number of benzene rings is 11. The van der Waals surface area contributed by atoms with E-state index in [-0.39, 0.29) is 0 Å². The Morgan fingerprint density at radius 2 is 0.786 bits per heavy atom. The quantitative estimate of drug-likeness (QED) is 0.103. The molecule has 0 atom stereocenters. The van der Waals surface area contributed by atoms with Crippen molar-refractivity contribution in [3.63, 3.8) is 0 Å². The van der Waals surface area contributed by atoms with E-state index in [1.165, 1.54) is 85.8 Å². The van der Waals surface area contributed by atoms with Gasteiger partial charge < -0.3 is 9.47 Å². The predicted octanol–water partition coefficient (Wildman–Crippen LogP) is 11.0. The summed E-state index contributed by atoms with van der Waals surface area (Å²) in [5, 5.41) is 13.4. The van der Waals surface area contributed by atoms with Gasteiger partial charge in [0.05, 0.1) is 11.0 Å². The van der Waals surface area contributed by atoms with Crippen LogP contribution in [-0.2, 0) is 0 Å². The average Bonchev–Trinajstić information content (AvgIpc) is 3.78. The molecule has 1 aliphatic rings. The third-order valence-electron chi connectivity index (χ3n) is 14.8. The summed E-state index contributed by atoms with van der Waals surface area (Å²) >= 11 is 0. The van der Waals surface area contributed by atoms with Crippen LogP contribution in [-0.4, -0.2) is 20.7 Å². The van der Waals surface area contributed by atoms with E-state index in [4.69, 9.17) is 0 Å². The fourth-order valence-corrected chi connectivity index (χ4v) is 21.7. The number of nitrogens with zero attached hydrogens (tertiary/aromatic N) is 2. The SMILES string of the molecule is c1ccc(-c2cccc(N3c4ccccc4[Si](c4ccccc4)(c4ccccc4)c4ccc(-n5c6ccccc6c6cc([Si](c7ccccc7)(c7ccccc7)c7ccccc7)ccc65)cc43)c2)cc1. The molecule has 0 saturated carbocycles. The fourth-order valence-electron chi connectivity index (χ4n) is 11.9. The van der Waals surface area contributed by atoms with Gasteiger partial charge in [0.25, 0.3) is 0 Å². The lowest BCUT2D eigenvalue weighted by atomic mass is 10.0. The Hall–Kier alpha value is -8.55. The number of hydrogen-bond acceptors (Lipinski definition) is 1.